The zero-order chi connectivity index (χ0) is 20.1. The summed E-state index contributed by atoms with van der Waals surface area (Å²) in [5, 5.41) is 5.28. The van der Waals surface area contributed by atoms with Crippen molar-refractivity contribution in [3.8, 4) is 11.5 Å². The molecule has 0 fully saturated rings. The summed E-state index contributed by atoms with van der Waals surface area (Å²) in [4.78, 5) is 23.8. The van der Waals surface area contributed by atoms with Crippen LogP contribution in [0.25, 0.3) is 0 Å². The van der Waals surface area contributed by atoms with E-state index in [2.05, 4.69) is 10.6 Å². The molecule has 6 nitrogen and oxygen atoms in total. The number of ether oxygens (including phenoxy) is 2. The predicted molar refractivity (Wildman–Crippen MR) is 97.6 cm³/mol. The van der Waals surface area contributed by atoms with Gasteiger partial charge in [-0.1, -0.05) is 11.6 Å². The van der Waals surface area contributed by atoms with Crippen LogP contribution < -0.4 is 20.1 Å². The maximum atomic E-state index is 13.6. The highest BCUT2D eigenvalue weighted by Crippen LogP contribution is 2.37. The number of hydrogen-bond donors (Lipinski definition) is 2. The molecule has 0 saturated carbocycles. The van der Waals surface area contributed by atoms with Crippen LogP contribution in [0.1, 0.15) is 22.3 Å². The second-order valence-corrected chi connectivity index (χ2v) is 6.45. The molecule has 2 N–H and O–H groups in total. The van der Waals surface area contributed by atoms with Crippen molar-refractivity contribution in [2.75, 3.05) is 19.8 Å². The highest BCUT2D eigenvalue weighted by atomic mass is 35.5. The maximum Gasteiger partial charge on any atom is 0.254 e. The quantitative estimate of drug-likeness (QED) is 0.794. The Morgan fingerprint density at radius 1 is 1.07 bits per heavy atom. The molecule has 0 unspecified atom stereocenters. The number of nitrogens with one attached hydrogen (secondary N) is 2. The second kappa shape index (κ2) is 8.88. The van der Waals surface area contributed by atoms with Crippen LogP contribution in [-0.4, -0.2) is 31.6 Å². The van der Waals surface area contributed by atoms with Crippen LogP contribution in [0.5, 0.6) is 11.5 Å². The van der Waals surface area contributed by atoms with Gasteiger partial charge in [-0.2, -0.15) is 0 Å². The summed E-state index contributed by atoms with van der Waals surface area (Å²) in [5.41, 5.74) is 0.349. The highest BCUT2D eigenvalue weighted by molar-refractivity contribution is 6.32. The molecule has 2 amide bonds. The summed E-state index contributed by atoms with van der Waals surface area (Å²) in [6.07, 6.45) is 0.741. The molecule has 0 aliphatic carbocycles. The molecule has 28 heavy (non-hydrogen) atoms. The topological polar surface area (TPSA) is 76.7 Å². The summed E-state index contributed by atoms with van der Waals surface area (Å²) in [5.74, 6) is -2.11. The van der Waals surface area contributed by atoms with Crippen molar-refractivity contribution < 1.29 is 27.8 Å². The number of fused-ring (bicyclic) bond motifs is 1. The Hall–Kier alpha value is -2.87. The fourth-order valence-electron chi connectivity index (χ4n) is 2.58. The molecule has 0 spiro atoms. The standard InChI is InChI=1S/C19H17ClF2N2O4/c20-14-6-11(7-16-18(14)28-5-1-4-27-16)9-23-17(25)10-24-19(26)13-3-2-12(21)8-15(13)22/h2-3,6-8H,1,4-5,9-10H2,(H,23,25)(H,24,26). The molecule has 0 radical (unpaired) electrons. The average molecular weight is 411 g/mol. The third kappa shape index (κ3) is 4.89. The fraction of sp³-hybridized carbons (Fsp3) is 0.263. The molecule has 148 valence electrons. The minimum atomic E-state index is -1.00. The van der Waals surface area contributed by atoms with Gasteiger partial charge in [0.2, 0.25) is 5.91 Å². The molecule has 2 aromatic carbocycles. The van der Waals surface area contributed by atoms with Crippen molar-refractivity contribution in [1.29, 1.82) is 0 Å². The van der Waals surface area contributed by atoms with Crippen LogP contribution in [0.2, 0.25) is 5.02 Å². The van der Waals surface area contributed by atoms with Gasteiger partial charge in [0.25, 0.3) is 5.91 Å². The molecular weight excluding hydrogens is 394 g/mol. The summed E-state index contributed by atoms with van der Waals surface area (Å²) in [6, 6.07) is 5.95. The minimum Gasteiger partial charge on any atom is -0.489 e. The van der Waals surface area contributed by atoms with Gasteiger partial charge >= 0.3 is 0 Å². The first kappa shape index (κ1) is 19.9. The van der Waals surface area contributed by atoms with Gasteiger partial charge in [0, 0.05) is 19.0 Å². The van der Waals surface area contributed by atoms with Gasteiger partial charge in [0.15, 0.2) is 11.5 Å². The molecule has 0 aromatic heterocycles. The number of halogens is 3. The van der Waals surface area contributed by atoms with Gasteiger partial charge in [-0.25, -0.2) is 8.78 Å². The Labute approximate surface area is 164 Å². The first-order valence-corrected chi connectivity index (χ1v) is 8.90. The number of amides is 2. The summed E-state index contributed by atoms with van der Waals surface area (Å²) < 4.78 is 37.6. The molecule has 0 atom stereocenters. The number of carbonyl (C=O) groups excluding carboxylic acids is 2. The lowest BCUT2D eigenvalue weighted by molar-refractivity contribution is -0.120. The van der Waals surface area contributed by atoms with Crippen LogP contribution in [0.3, 0.4) is 0 Å². The van der Waals surface area contributed by atoms with Gasteiger partial charge in [0.1, 0.15) is 11.6 Å². The van der Waals surface area contributed by atoms with E-state index in [4.69, 9.17) is 21.1 Å². The third-order valence-corrected chi connectivity index (χ3v) is 4.22. The zero-order valence-electron chi connectivity index (χ0n) is 14.7. The average Bonchev–Trinajstić information content (AvgIpc) is 2.90. The molecule has 2 aromatic rings. The number of rotatable bonds is 5. The number of carbonyl (C=O) groups is 2. The summed E-state index contributed by atoms with van der Waals surface area (Å²) in [6.45, 7) is 0.798. The van der Waals surface area contributed by atoms with Gasteiger partial charge in [-0.05, 0) is 29.8 Å². The lowest BCUT2D eigenvalue weighted by Crippen LogP contribution is -2.36. The Bertz CT molecular complexity index is 908. The normalized spacial score (nSPS) is 12.8. The third-order valence-electron chi connectivity index (χ3n) is 3.94. The van der Waals surface area contributed by atoms with Gasteiger partial charge < -0.3 is 20.1 Å². The largest absolute Gasteiger partial charge is 0.489 e. The maximum absolute atomic E-state index is 13.6. The number of hydrogen-bond acceptors (Lipinski definition) is 4. The van der Waals surface area contributed by atoms with Crippen molar-refractivity contribution in [3.05, 3.63) is 58.1 Å². The summed E-state index contributed by atoms with van der Waals surface area (Å²) >= 11 is 6.19. The molecular formula is C19H17ClF2N2O4. The van der Waals surface area contributed by atoms with Crippen LogP contribution in [0.4, 0.5) is 8.78 Å². The van der Waals surface area contributed by atoms with Crippen LogP contribution in [0, 0.1) is 11.6 Å². The lowest BCUT2D eigenvalue weighted by Gasteiger charge is -2.12. The molecule has 1 aliphatic rings. The van der Waals surface area contributed by atoms with E-state index < -0.39 is 23.4 Å². The highest BCUT2D eigenvalue weighted by Gasteiger charge is 2.16. The Morgan fingerprint density at radius 2 is 1.86 bits per heavy atom. The second-order valence-electron chi connectivity index (χ2n) is 6.04. The van der Waals surface area contributed by atoms with E-state index in [0.29, 0.717) is 41.4 Å². The van der Waals surface area contributed by atoms with Gasteiger partial charge in [0.05, 0.1) is 30.3 Å². The van der Waals surface area contributed by atoms with Crippen molar-refractivity contribution >= 4 is 23.4 Å². The van der Waals surface area contributed by atoms with Crippen molar-refractivity contribution in [2.45, 2.75) is 13.0 Å². The Balaban J connectivity index is 1.54. The number of benzene rings is 2. The minimum absolute atomic E-state index is 0.149. The fourth-order valence-corrected chi connectivity index (χ4v) is 2.87. The predicted octanol–water partition coefficient (Wildman–Crippen LogP) is 2.83. The van der Waals surface area contributed by atoms with Crippen molar-refractivity contribution in [1.82, 2.24) is 10.6 Å². The van der Waals surface area contributed by atoms with E-state index in [1.54, 1.807) is 12.1 Å². The molecule has 1 heterocycles. The van der Waals surface area contributed by atoms with Crippen LogP contribution in [-0.2, 0) is 11.3 Å². The zero-order valence-corrected chi connectivity index (χ0v) is 15.4. The van der Waals surface area contributed by atoms with E-state index in [0.717, 1.165) is 18.6 Å². The first-order chi connectivity index (χ1) is 13.4. The van der Waals surface area contributed by atoms with Crippen LogP contribution in [0.15, 0.2) is 30.3 Å². The molecule has 1 aliphatic heterocycles. The van der Waals surface area contributed by atoms with E-state index in [1.165, 1.54) is 0 Å². The van der Waals surface area contributed by atoms with E-state index >= 15 is 0 Å². The lowest BCUT2D eigenvalue weighted by atomic mass is 10.2. The van der Waals surface area contributed by atoms with E-state index in [9.17, 15) is 18.4 Å². The van der Waals surface area contributed by atoms with Crippen molar-refractivity contribution in [3.63, 3.8) is 0 Å². The summed E-state index contributed by atoms with van der Waals surface area (Å²) in [7, 11) is 0. The molecule has 0 saturated heterocycles. The Morgan fingerprint density at radius 3 is 2.64 bits per heavy atom. The Kier molecular flexibility index (Phi) is 6.30. The van der Waals surface area contributed by atoms with Gasteiger partial charge in [-0.15, -0.1) is 0 Å². The van der Waals surface area contributed by atoms with Crippen LogP contribution >= 0.6 is 11.6 Å². The van der Waals surface area contributed by atoms with E-state index in [-0.39, 0.29) is 18.7 Å². The van der Waals surface area contributed by atoms with Crippen molar-refractivity contribution in [2.24, 2.45) is 0 Å². The SMILES string of the molecule is O=C(CNC(=O)c1ccc(F)cc1F)NCc1cc(Cl)c2c(c1)OCCCO2. The smallest absolute Gasteiger partial charge is 0.254 e. The first-order valence-electron chi connectivity index (χ1n) is 8.52. The molecule has 3 rings (SSSR count). The van der Waals surface area contributed by atoms with Gasteiger partial charge in [-0.3, -0.25) is 9.59 Å². The molecule has 0 bridgehead atoms. The molecule has 9 heteroatoms. The van der Waals surface area contributed by atoms with E-state index in [1.807, 2.05) is 0 Å². The monoisotopic (exact) mass is 410 g/mol.